The Morgan fingerprint density at radius 3 is 2.45 bits per heavy atom. The zero-order valence-corrected chi connectivity index (χ0v) is 12.7. The summed E-state index contributed by atoms with van der Waals surface area (Å²) in [4.78, 5) is 1.92. The SMILES string of the molecule is CN(CCOc1ccc(CC#N)cc1)CCS(C)(=O)=O. The number of likely N-dealkylation sites (N-methyl/N-ethyl adjacent to an activating group) is 1. The van der Waals surface area contributed by atoms with Crippen LogP contribution in [0.15, 0.2) is 24.3 Å². The van der Waals surface area contributed by atoms with E-state index in [0.29, 0.717) is 26.1 Å². The summed E-state index contributed by atoms with van der Waals surface area (Å²) >= 11 is 0. The normalized spacial score (nSPS) is 11.3. The fraction of sp³-hybridized carbons (Fsp3) is 0.500. The summed E-state index contributed by atoms with van der Waals surface area (Å²) in [5, 5.41) is 8.57. The molecule has 0 heterocycles. The maximum absolute atomic E-state index is 11.0. The predicted octanol–water partition coefficient (Wildman–Crippen LogP) is 1.11. The fourth-order valence-electron chi connectivity index (χ4n) is 1.55. The highest BCUT2D eigenvalue weighted by Crippen LogP contribution is 2.12. The molecule has 0 aromatic heterocycles. The third kappa shape index (κ3) is 7.12. The molecule has 0 saturated carbocycles. The predicted molar refractivity (Wildman–Crippen MR) is 78.5 cm³/mol. The molecule has 0 saturated heterocycles. The summed E-state index contributed by atoms with van der Waals surface area (Å²) in [6.07, 6.45) is 1.63. The number of ether oxygens (including phenoxy) is 1. The van der Waals surface area contributed by atoms with Crippen molar-refractivity contribution >= 4 is 9.84 Å². The summed E-state index contributed by atoms with van der Waals surface area (Å²) in [7, 11) is -1.05. The largest absolute Gasteiger partial charge is 0.492 e. The first-order valence-corrected chi connectivity index (χ1v) is 8.42. The van der Waals surface area contributed by atoms with Crippen molar-refractivity contribution in [1.29, 1.82) is 5.26 Å². The highest BCUT2D eigenvalue weighted by Gasteiger charge is 2.05. The minimum absolute atomic E-state index is 0.159. The minimum Gasteiger partial charge on any atom is -0.492 e. The van der Waals surface area contributed by atoms with E-state index in [1.54, 1.807) is 0 Å². The van der Waals surface area contributed by atoms with Gasteiger partial charge in [-0.05, 0) is 24.7 Å². The summed E-state index contributed by atoms with van der Waals surface area (Å²) < 4.78 is 27.6. The molecule has 0 unspecified atom stereocenters. The Balaban J connectivity index is 2.28. The van der Waals surface area contributed by atoms with E-state index in [1.165, 1.54) is 6.26 Å². The molecule has 0 fully saturated rings. The highest BCUT2D eigenvalue weighted by atomic mass is 32.2. The van der Waals surface area contributed by atoms with Crippen LogP contribution in [0.3, 0.4) is 0 Å². The van der Waals surface area contributed by atoms with Crippen molar-refractivity contribution in [2.24, 2.45) is 0 Å². The lowest BCUT2D eigenvalue weighted by atomic mass is 10.2. The van der Waals surface area contributed by atoms with Crippen LogP contribution in [0.1, 0.15) is 5.56 Å². The number of hydrogen-bond acceptors (Lipinski definition) is 5. The van der Waals surface area contributed by atoms with Crippen LogP contribution < -0.4 is 4.74 Å². The lowest BCUT2D eigenvalue weighted by Gasteiger charge is -2.16. The van der Waals surface area contributed by atoms with Crippen LogP contribution >= 0.6 is 0 Å². The van der Waals surface area contributed by atoms with Crippen LogP contribution in [-0.4, -0.2) is 52.1 Å². The Kier molecular flexibility index (Phi) is 6.49. The second-order valence-corrected chi connectivity index (χ2v) is 7.02. The number of rotatable bonds is 8. The molecule has 0 aliphatic rings. The molecule has 110 valence electrons. The average Bonchev–Trinajstić information content (AvgIpc) is 2.38. The Hall–Kier alpha value is -1.58. The lowest BCUT2D eigenvalue weighted by Crippen LogP contribution is -2.29. The Labute approximate surface area is 120 Å². The molecule has 0 bridgehead atoms. The molecule has 1 rings (SSSR count). The van der Waals surface area contributed by atoms with E-state index in [-0.39, 0.29) is 5.75 Å². The van der Waals surface area contributed by atoms with Gasteiger partial charge in [-0.1, -0.05) is 12.1 Å². The molecule has 0 N–H and O–H groups in total. The van der Waals surface area contributed by atoms with Gasteiger partial charge in [0.25, 0.3) is 0 Å². The molecule has 0 amide bonds. The van der Waals surface area contributed by atoms with E-state index in [9.17, 15) is 8.42 Å². The Bertz CT molecular complexity index is 547. The molecular formula is C14H20N2O3S. The van der Waals surface area contributed by atoms with Crippen molar-refractivity contribution in [3.8, 4) is 11.8 Å². The van der Waals surface area contributed by atoms with Crippen LogP contribution in [0.25, 0.3) is 0 Å². The van der Waals surface area contributed by atoms with Gasteiger partial charge in [0.15, 0.2) is 0 Å². The van der Waals surface area contributed by atoms with E-state index < -0.39 is 9.84 Å². The van der Waals surface area contributed by atoms with Crippen molar-refractivity contribution in [3.05, 3.63) is 29.8 Å². The third-order valence-corrected chi connectivity index (χ3v) is 3.72. The first-order chi connectivity index (χ1) is 9.40. The quantitative estimate of drug-likeness (QED) is 0.718. The van der Waals surface area contributed by atoms with Gasteiger partial charge in [0.2, 0.25) is 0 Å². The topological polar surface area (TPSA) is 70.4 Å². The van der Waals surface area contributed by atoms with Crippen LogP contribution in [0.4, 0.5) is 0 Å². The summed E-state index contributed by atoms with van der Waals surface area (Å²) in [6.45, 7) is 1.66. The minimum atomic E-state index is -2.92. The van der Waals surface area contributed by atoms with Gasteiger partial charge < -0.3 is 9.64 Å². The third-order valence-electron chi connectivity index (χ3n) is 2.79. The van der Waals surface area contributed by atoms with Crippen molar-refractivity contribution in [2.45, 2.75) is 6.42 Å². The number of nitrogens with zero attached hydrogens (tertiary/aromatic N) is 2. The molecule has 20 heavy (non-hydrogen) atoms. The lowest BCUT2D eigenvalue weighted by molar-refractivity contribution is 0.244. The summed E-state index contributed by atoms with van der Waals surface area (Å²) in [5.74, 6) is 0.912. The second-order valence-electron chi connectivity index (χ2n) is 4.76. The molecule has 0 aliphatic heterocycles. The highest BCUT2D eigenvalue weighted by molar-refractivity contribution is 7.90. The number of hydrogen-bond donors (Lipinski definition) is 0. The van der Waals surface area contributed by atoms with Crippen molar-refractivity contribution in [2.75, 3.05) is 38.8 Å². The van der Waals surface area contributed by atoms with Crippen LogP contribution in [0, 0.1) is 11.3 Å². The van der Waals surface area contributed by atoms with Crippen LogP contribution in [0.2, 0.25) is 0 Å². The molecule has 0 atom stereocenters. The molecule has 0 aliphatic carbocycles. The van der Waals surface area contributed by atoms with Gasteiger partial charge in [-0.15, -0.1) is 0 Å². The molecule has 0 radical (unpaired) electrons. The second kappa shape index (κ2) is 7.88. The first-order valence-electron chi connectivity index (χ1n) is 6.35. The van der Waals surface area contributed by atoms with Gasteiger partial charge in [-0.2, -0.15) is 5.26 Å². The molecule has 1 aromatic rings. The van der Waals surface area contributed by atoms with Crippen molar-refractivity contribution in [1.82, 2.24) is 4.90 Å². The maximum Gasteiger partial charge on any atom is 0.148 e. The summed E-state index contributed by atoms with van der Waals surface area (Å²) in [6, 6.07) is 9.50. The Morgan fingerprint density at radius 2 is 1.90 bits per heavy atom. The molecule has 1 aromatic carbocycles. The number of nitriles is 1. The zero-order chi connectivity index (χ0) is 15.0. The zero-order valence-electron chi connectivity index (χ0n) is 11.9. The molecule has 0 spiro atoms. The smallest absolute Gasteiger partial charge is 0.148 e. The fourth-order valence-corrected chi connectivity index (χ4v) is 2.19. The monoisotopic (exact) mass is 296 g/mol. The van der Waals surface area contributed by atoms with Crippen LogP contribution in [-0.2, 0) is 16.3 Å². The van der Waals surface area contributed by atoms with Crippen molar-refractivity contribution in [3.63, 3.8) is 0 Å². The van der Waals surface area contributed by atoms with E-state index in [1.807, 2.05) is 36.2 Å². The number of sulfone groups is 1. The van der Waals surface area contributed by atoms with E-state index in [0.717, 1.165) is 11.3 Å². The molecule has 5 nitrogen and oxygen atoms in total. The molecule has 6 heteroatoms. The number of benzene rings is 1. The van der Waals surface area contributed by atoms with Crippen LogP contribution in [0.5, 0.6) is 5.75 Å². The van der Waals surface area contributed by atoms with Gasteiger partial charge in [0.1, 0.15) is 22.2 Å². The average molecular weight is 296 g/mol. The maximum atomic E-state index is 11.0. The van der Waals surface area contributed by atoms with Gasteiger partial charge in [-0.3, -0.25) is 0 Å². The van der Waals surface area contributed by atoms with E-state index in [2.05, 4.69) is 6.07 Å². The van der Waals surface area contributed by atoms with E-state index >= 15 is 0 Å². The van der Waals surface area contributed by atoms with Gasteiger partial charge in [-0.25, -0.2) is 8.42 Å². The molecular weight excluding hydrogens is 276 g/mol. The Morgan fingerprint density at radius 1 is 1.25 bits per heavy atom. The van der Waals surface area contributed by atoms with Gasteiger partial charge in [0.05, 0.1) is 18.2 Å². The van der Waals surface area contributed by atoms with E-state index in [4.69, 9.17) is 10.00 Å². The van der Waals surface area contributed by atoms with Gasteiger partial charge >= 0.3 is 0 Å². The van der Waals surface area contributed by atoms with Crippen molar-refractivity contribution < 1.29 is 13.2 Å². The first kappa shape index (κ1) is 16.5. The standard InChI is InChI=1S/C14H20N2O3S/c1-16(10-12-20(2,17)18)9-11-19-14-5-3-13(4-6-14)7-8-15/h3-6H,7,9-12H2,1-2H3. The summed E-state index contributed by atoms with van der Waals surface area (Å²) in [5.41, 5.74) is 0.963. The van der Waals surface area contributed by atoms with Gasteiger partial charge in [0, 0.05) is 19.3 Å².